The fraction of sp³-hybridized carbons (Fsp3) is 0.571. The molecule has 0 unspecified atom stereocenters. The van der Waals surface area contributed by atoms with Crippen molar-refractivity contribution in [2.45, 2.75) is 25.8 Å². The largest absolute Gasteiger partial charge is 0.579 e. The van der Waals surface area contributed by atoms with Crippen LogP contribution in [-0.4, -0.2) is 5.10 Å². The van der Waals surface area contributed by atoms with E-state index < -0.39 is 0 Å². The summed E-state index contributed by atoms with van der Waals surface area (Å²) in [5.74, 6) is 0. The van der Waals surface area contributed by atoms with E-state index >= 15 is 0 Å². The van der Waals surface area contributed by atoms with E-state index in [1.165, 1.54) is 5.56 Å². The Kier molecular flexibility index (Phi) is 2.50. The van der Waals surface area contributed by atoms with Crippen molar-refractivity contribution in [3.8, 4) is 0 Å². The first-order chi connectivity index (χ1) is 4.79. The van der Waals surface area contributed by atoms with Crippen LogP contribution in [0.3, 0.4) is 0 Å². The maximum atomic E-state index is 5.76. The Balaban J connectivity index is 0.000000605. The van der Waals surface area contributed by atoms with Crippen LogP contribution in [0.4, 0.5) is 0 Å². The molecule has 11 heavy (non-hydrogen) atoms. The molecule has 0 aromatic carbocycles. The van der Waals surface area contributed by atoms with E-state index in [-0.39, 0.29) is 27.1 Å². The second-order valence-corrected chi connectivity index (χ2v) is 2.79. The minimum Gasteiger partial charge on any atom is -0.579 e. The maximum absolute atomic E-state index is 5.76. The molecule has 0 aliphatic heterocycles. The van der Waals surface area contributed by atoms with Crippen molar-refractivity contribution in [2.75, 3.05) is 0 Å². The standard InChI is InChI=1S/C7H10N3.Pt/c1-4-5-2-3-6(8)7(5)10-9-4;/h6H,2-3,8H2,1H3;/q-1;/t6-;/m1./s1. The van der Waals surface area contributed by atoms with Gasteiger partial charge in [0, 0.05) is 32.8 Å². The van der Waals surface area contributed by atoms with Gasteiger partial charge in [0.2, 0.25) is 0 Å². The van der Waals surface area contributed by atoms with E-state index in [1.54, 1.807) is 0 Å². The number of rotatable bonds is 0. The molecule has 0 spiro atoms. The van der Waals surface area contributed by atoms with Crippen LogP contribution in [0.1, 0.15) is 29.4 Å². The van der Waals surface area contributed by atoms with E-state index in [0.717, 1.165) is 24.2 Å². The molecule has 2 rings (SSSR count). The van der Waals surface area contributed by atoms with Crippen LogP contribution in [0, 0.1) is 6.92 Å². The van der Waals surface area contributed by atoms with Crippen LogP contribution in [0.2, 0.25) is 0 Å². The maximum Gasteiger partial charge on any atom is 0.0457 e. The van der Waals surface area contributed by atoms with Gasteiger partial charge >= 0.3 is 0 Å². The molecule has 1 atom stereocenters. The molecule has 1 aromatic heterocycles. The number of aromatic nitrogens is 2. The van der Waals surface area contributed by atoms with Crippen molar-refractivity contribution < 1.29 is 21.1 Å². The van der Waals surface area contributed by atoms with Gasteiger partial charge in [-0.3, -0.25) is 0 Å². The molecular formula is C7H10N3Pt-. The molecule has 1 heterocycles. The van der Waals surface area contributed by atoms with Gasteiger partial charge in [-0.05, 0) is 18.4 Å². The Morgan fingerprint density at radius 3 is 3.00 bits per heavy atom. The zero-order valence-corrected chi connectivity index (χ0v) is 8.55. The molecule has 0 fully saturated rings. The smallest absolute Gasteiger partial charge is 0.0457 e. The third kappa shape index (κ3) is 1.27. The molecule has 4 heteroatoms. The predicted molar refractivity (Wildman–Crippen MR) is 37.5 cm³/mol. The molecule has 2 N–H and O–H groups in total. The van der Waals surface area contributed by atoms with E-state index in [2.05, 4.69) is 10.2 Å². The van der Waals surface area contributed by atoms with Crippen LogP contribution in [0.5, 0.6) is 0 Å². The number of nitrogens with two attached hydrogens (primary N) is 1. The summed E-state index contributed by atoms with van der Waals surface area (Å²) < 4.78 is 0. The van der Waals surface area contributed by atoms with Crippen LogP contribution in [0.15, 0.2) is 0 Å². The van der Waals surface area contributed by atoms with Gasteiger partial charge in [0.15, 0.2) is 0 Å². The van der Waals surface area contributed by atoms with Gasteiger partial charge in [-0.1, -0.05) is 6.92 Å². The van der Waals surface area contributed by atoms with Crippen LogP contribution >= 0.6 is 0 Å². The average Bonchev–Trinajstić information content (AvgIpc) is 2.41. The van der Waals surface area contributed by atoms with Gasteiger partial charge in [0.05, 0.1) is 0 Å². The van der Waals surface area contributed by atoms with Crippen molar-refractivity contribution in [2.24, 2.45) is 5.73 Å². The molecule has 0 saturated heterocycles. The van der Waals surface area contributed by atoms with Crippen molar-refractivity contribution >= 4 is 0 Å². The van der Waals surface area contributed by atoms with E-state index in [4.69, 9.17) is 5.73 Å². The van der Waals surface area contributed by atoms with E-state index in [9.17, 15) is 0 Å². The van der Waals surface area contributed by atoms with E-state index in [0.29, 0.717) is 0 Å². The molecule has 0 saturated carbocycles. The summed E-state index contributed by atoms with van der Waals surface area (Å²) in [7, 11) is 0. The molecular weight excluding hydrogens is 321 g/mol. The van der Waals surface area contributed by atoms with E-state index in [1.807, 2.05) is 6.92 Å². The monoisotopic (exact) mass is 331 g/mol. The summed E-state index contributed by atoms with van der Waals surface area (Å²) in [6.07, 6.45) is 2.11. The van der Waals surface area contributed by atoms with Gasteiger partial charge in [0.25, 0.3) is 0 Å². The molecule has 1 aliphatic carbocycles. The fourth-order valence-electron chi connectivity index (χ4n) is 1.48. The first-order valence-electron chi connectivity index (χ1n) is 3.53. The average molecular weight is 331 g/mol. The Hall–Kier alpha value is -0.142. The molecule has 64 valence electrons. The summed E-state index contributed by atoms with van der Waals surface area (Å²) >= 11 is 0. The Labute approximate surface area is 80.0 Å². The Morgan fingerprint density at radius 1 is 1.64 bits per heavy atom. The van der Waals surface area contributed by atoms with Gasteiger partial charge in [-0.15, -0.1) is 5.69 Å². The Bertz CT molecular complexity index is 256. The van der Waals surface area contributed by atoms with Crippen molar-refractivity contribution in [1.29, 1.82) is 0 Å². The third-order valence-corrected chi connectivity index (χ3v) is 2.11. The third-order valence-electron chi connectivity index (χ3n) is 2.11. The van der Waals surface area contributed by atoms with Crippen LogP contribution < -0.4 is 10.8 Å². The van der Waals surface area contributed by atoms with Gasteiger partial charge < -0.3 is 15.9 Å². The predicted octanol–water partition coefficient (Wildman–Crippen LogP) is 0.291. The zero-order chi connectivity index (χ0) is 7.14. The summed E-state index contributed by atoms with van der Waals surface area (Å²) in [5.41, 5.74) is 9.13. The number of fused-ring (bicyclic) bond motifs is 1. The second kappa shape index (κ2) is 3.08. The normalized spacial score (nSPS) is 21.1. The number of aryl methyl sites for hydroxylation is 1. The van der Waals surface area contributed by atoms with Crippen LogP contribution in [-0.2, 0) is 27.5 Å². The summed E-state index contributed by atoms with van der Waals surface area (Å²) in [6.45, 7) is 1.99. The molecule has 1 aromatic rings. The summed E-state index contributed by atoms with van der Waals surface area (Å²) in [6, 6.07) is 0.149. The first kappa shape index (κ1) is 8.95. The summed E-state index contributed by atoms with van der Waals surface area (Å²) in [4.78, 5) is 0. The SMILES string of the molecule is Cc1[n-]nc2c1CC[C@H]2N.[Pt]. The number of nitrogens with zero attached hydrogens (tertiary/aromatic N) is 2. The zero-order valence-electron chi connectivity index (χ0n) is 6.28. The molecule has 0 amide bonds. The number of hydrogen-bond donors (Lipinski definition) is 1. The molecule has 1 aliphatic rings. The second-order valence-electron chi connectivity index (χ2n) is 2.79. The fourth-order valence-corrected chi connectivity index (χ4v) is 1.48. The van der Waals surface area contributed by atoms with Crippen molar-refractivity contribution in [3.05, 3.63) is 17.0 Å². The summed E-state index contributed by atoms with van der Waals surface area (Å²) in [5, 5.41) is 7.96. The Morgan fingerprint density at radius 2 is 2.36 bits per heavy atom. The molecule has 0 bridgehead atoms. The molecule has 3 nitrogen and oxygen atoms in total. The first-order valence-corrected chi connectivity index (χ1v) is 3.53. The number of hydrogen-bond acceptors (Lipinski definition) is 2. The van der Waals surface area contributed by atoms with Gasteiger partial charge in [-0.2, -0.15) is 0 Å². The van der Waals surface area contributed by atoms with Crippen molar-refractivity contribution in [1.82, 2.24) is 10.2 Å². The minimum atomic E-state index is 0. The van der Waals surface area contributed by atoms with Gasteiger partial charge in [-0.25, -0.2) is 0 Å². The quantitative estimate of drug-likeness (QED) is 0.744. The molecule has 0 radical (unpaired) electrons. The van der Waals surface area contributed by atoms with Crippen LogP contribution in [0.25, 0.3) is 0 Å². The minimum absolute atomic E-state index is 0. The van der Waals surface area contributed by atoms with Gasteiger partial charge in [0.1, 0.15) is 0 Å². The topological polar surface area (TPSA) is 53.0 Å². The van der Waals surface area contributed by atoms with Crippen molar-refractivity contribution in [3.63, 3.8) is 0 Å².